The topological polar surface area (TPSA) is 42.2 Å². The van der Waals surface area contributed by atoms with E-state index >= 15 is 0 Å². The molecule has 3 nitrogen and oxygen atoms in total. The molecular formula is C12H18ClNO2. The Kier molecular flexibility index (Phi) is 5.39. The van der Waals surface area contributed by atoms with Crippen LogP contribution in [0.3, 0.4) is 0 Å². The summed E-state index contributed by atoms with van der Waals surface area (Å²) in [5, 5.41) is 3.02. The molecule has 16 heavy (non-hydrogen) atoms. The molecule has 1 unspecified atom stereocenters. The van der Waals surface area contributed by atoms with Gasteiger partial charge in [-0.1, -0.05) is 6.92 Å². The van der Waals surface area contributed by atoms with Crippen molar-refractivity contribution in [1.82, 2.24) is 5.32 Å². The van der Waals surface area contributed by atoms with Crippen molar-refractivity contribution in [3.63, 3.8) is 0 Å². The van der Waals surface area contributed by atoms with Crippen LogP contribution in [-0.2, 0) is 6.42 Å². The molecule has 0 fully saturated rings. The maximum atomic E-state index is 11.7. The molecule has 0 saturated heterocycles. The molecule has 1 aromatic heterocycles. The summed E-state index contributed by atoms with van der Waals surface area (Å²) in [6.45, 7) is 4.57. The molecule has 1 aromatic rings. The van der Waals surface area contributed by atoms with Crippen LogP contribution in [0.4, 0.5) is 0 Å². The van der Waals surface area contributed by atoms with Crippen LogP contribution >= 0.6 is 11.6 Å². The summed E-state index contributed by atoms with van der Waals surface area (Å²) in [5.74, 6) is 0.677. The minimum Gasteiger partial charge on any atom is -0.469 e. The van der Waals surface area contributed by atoms with Crippen molar-refractivity contribution in [3.8, 4) is 0 Å². The van der Waals surface area contributed by atoms with E-state index in [0.717, 1.165) is 25.0 Å². The van der Waals surface area contributed by atoms with Crippen LogP contribution in [0.25, 0.3) is 0 Å². The Morgan fingerprint density at radius 3 is 3.00 bits per heavy atom. The monoisotopic (exact) mass is 243 g/mol. The highest BCUT2D eigenvalue weighted by Crippen LogP contribution is 2.11. The van der Waals surface area contributed by atoms with Gasteiger partial charge in [-0.2, -0.15) is 0 Å². The number of alkyl halides is 1. The first-order valence-electron chi connectivity index (χ1n) is 5.63. The molecule has 0 aliphatic carbocycles. The molecule has 1 atom stereocenters. The number of rotatable bonds is 6. The van der Waals surface area contributed by atoms with E-state index in [1.165, 1.54) is 0 Å². The van der Waals surface area contributed by atoms with Gasteiger partial charge in [-0.05, 0) is 25.8 Å². The third-order valence-electron chi connectivity index (χ3n) is 2.38. The van der Waals surface area contributed by atoms with Crippen LogP contribution in [0, 0.1) is 0 Å². The molecule has 4 heteroatoms. The molecule has 0 aromatic carbocycles. The average molecular weight is 244 g/mol. The second kappa shape index (κ2) is 6.59. The molecule has 1 amide bonds. The standard InChI is InChI=1S/C12H18ClNO2/c1-3-11-10(6-8-16-11)12(15)14-7-4-5-9(2)13/h6,8-9H,3-5,7H2,1-2H3,(H,14,15). The number of hydrogen-bond donors (Lipinski definition) is 1. The summed E-state index contributed by atoms with van der Waals surface area (Å²) < 4.78 is 5.20. The molecule has 0 bridgehead atoms. The van der Waals surface area contributed by atoms with Crippen LogP contribution in [0.5, 0.6) is 0 Å². The smallest absolute Gasteiger partial charge is 0.254 e. The molecule has 1 rings (SSSR count). The molecule has 0 aliphatic rings. The first-order chi connectivity index (χ1) is 7.65. The van der Waals surface area contributed by atoms with E-state index in [9.17, 15) is 4.79 Å². The fraction of sp³-hybridized carbons (Fsp3) is 0.583. The minimum absolute atomic E-state index is 0.0622. The summed E-state index contributed by atoms with van der Waals surface area (Å²) in [7, 11) is 0. The van der Waals surface area contributed by atoms with E-state index in [0.29, 0.717) is 12.1 Å². The minimum atomic E-state index is -0.0622. The molecule has 0 aliphatic heterocycles. The van der Waals surface area contributed by atoms with Crippen molar-refractivity contribution in [3.05, 3.63) is 23.7 Å². The normalized spacial score (nSPS) is 12.4. The predicted octanol–water partition coefficient (Wildman–Crippen LogP) is 2.98. The van der Waals surface area contributed by atoms with Gasteiger partial charge in [-0.3, -0.25) is 4.79 Å². The van der Waals surface area contributed by atoms with Crippen LogP contribution in [0.2, 0.25) is 0 Å². The van der Waals surface area contributed by atoms with Gasteiger partial charge in [0.25, 0.3) is 5.91 Å². The first kappa shape index (κ1) is 13.1. The number of furan rings is 1. The van der Waals surface area contributed by atoms with Gasteiger partial charge in [0, 0.05) is 18.3 Å². The zero-order valence-electron chi connectivity index (χ0n) is 9.75. The van der Waals surface area contributed by atoms with Crippen molar-refractivity contribution in [1.29, 1.82) is 0 Å². The molecule has 1 heterocycles. The fourth-order valence-corrected chi connectivity index (χ4v) is 1.65. The Morgan fingerprint density at radius 2 is 2.38 bits per heavy atom. The second-order valence-electron chi connectivity index (χ2n) is 3.79. The van der Waals surface area contributed by atoms with Gasteiger partial charge in [0.2, 0.25) is 0 Å². The number of halogens is 1. The van der Waals surface area contributed by atoms with Gasteiger partial charge >= 0.3 is 0 Å². The summed E-state index contributed by atoms with van der Waals surface area (Å²) in [6, 6.07) is 1.71. The van der Waals surface area contributed by atoms with E-state index < -0.39 is 0 Å². The largest absolute Gasteiger partial charge is 0.469 e. The number of carbonyl (C=O) groups excluding carboxylic acids is 1. The highest BCUT2D eigenvalue weighted by Gasteiger charge is 2.12. The highest BCUT2D eigenvalue weighted by atomic mass is 35.5. The lowest BCUT2D eigenvalue weighted by Crippen LogP contribution is -2.25. The first-order valence-corrected chi connectivity index (χ1v) is 6.07. The zero-order valence-corrected chi connectivity index (χ0v) is 10.5. The quantitative estimate of drug-likeness (QED) is 0.617. The van der Waals surface area contributed by atoms with E-state index in [1.807, 2.05) is 13.8 Å². The van der Waals surface area contributed by atoms with Gasteiger partial charge in [0.1, 0.15) is 5.76 Å². The van der Waals surface area contributed by atoms with E-state index in [4.69, 9.17) is 16.0 Å². The molecule has 1 N–H and O–H groups in total. The molecule has 90 valence electrons. The Labute approximate surface area is 101 Å². The molecule has 0 radical (unpaired) electrons. The van der Waals surface area contributed by atoms with Gasteiger partial charge in [-0.15, -0.1) is 11.6 Å². The summed E-state index contributed by atoms with van der Waals surface area (Å²) >= 11 is 5.81. The lowest BCUT2D eigenvalue weighted by Gasteiger charge is -2.05. The third-order valence-corrected chi connectivity index (χ3v) is 2.59. The van der Waals surface area contributed by atoms with Crippen molar-refractivity contribution in [2.75, 3.05) is 6.54 Å². The fourth-order valence-electron chi connectivity index (χ4n) is 1.50. The lowest BCUT2D eigenvalue weighted by atomic mass is 10.2. The van der Waals surface area contributed by atoms with Crippen LogP contribution in [0.1, 0.15) is 42.8 Å². The van der Waals surface area contributed by atoms with Crippen molar-refractivity contribution in [2.45, 2.75) is 38.5 Å². The van der Waals surface area contributed by atoms with Crippen molar-refractivity contribution < 1.29 is 9.21 Å². The number of nitrogens with one attached hydrogen (secondary N) is 1. The zero-order chi connectivity index (χ0) is 12.0. The summed E-state index contributed by atoms with van der Waals surface area (Å²) in [4.78, 5) is 11.7. The Morgan fingerprint density at radius 1 is 1.62 bits per heavy atom. The van der Waals surface area contributed by atoms with Gasteiger partial charge in [0.15, 0.2) is 0 Å². The number of amides is 1. The van der Waals surface area contributed by atoms with Crippen LogP contribution < -0.4 is 5.32 Å². The van der Waals surface area contributed by atoms with Crippen molar-refractivity contribution >= 4 is 17.5 Å². The van der Waals surface area contributed by atoms with Crippen LogP contribution in [-0.4, -0.2) is 17.8 Å². The maximum absolute atomic E-state index is 11.7. The SMILES string of the molecule is CCc1occc1C(=O)NCCCC(C)Cl. The predicted molar refractivity (Wildman–Crippen MR) is 65.0 cm³/mol. The maximum Gasteiger partial charge on any atom is 0.254 e. The van der Waals surface area contributed by atoms with Crippen molar-refractivity contribution in [2.24, 2.45) is 0 Å². The number of carbonyl (C=O) groups is 1. The van der Waals surface area contributed by atoms with E-state index in [-0.39, 0.29) is 11.3 Å². The Balaban J connectivity index is 2.35. The van der Waals surface area contributed by atoms with E-state index in [2.05, 4.69) is 5.32 Å². The third kappa shape index (κ3) is 3.89. The number of aryl methyl sites for hydroxylation is 1. The van der Waals surface area contributed by atoms with Gasteiger partial charge < -0.3 is 9.73 Å². The average Bonchev–Trinajstić information content (AvgIpc) is 2.71. The Hall–Kier alpha value is -0.960. The van der Waals surface area contributed by atoms with Crippen LogP contribution in [0.15, 0.2) is 16.7 Å². The van der Waals surface area contributed by atoms with Gasteiger partial charge in [-0.25, -0.2) is 0 Å². The Bertz CT molecular complexity index is 334. The molecular weight excluding hydrogens is 226 g/mol. The molecule has 0 saturated carbocycles. The van der Waals surface area contributed by atoms with E-state index in [1.54, 1.807) is 12.3 Å². The second-order valence-corrected chi connectivity index (χ2v) is 4.53. The lowest BCUT2D eigenvalue weighted by molar-refractivity contribution is 0.0951. The highest BCUT2D eigenvalue weighted by molar-refractivity contribution is 6.20. The summed E-state index contributed by atoms with van der Waals surface area (Å²) in [6.07, 6.45) is 4.09. The number of hydrogen-bond acceptors (Lipinski definition) is 2. The summed E-state index contributed by atoms with van der Waals surface area (Å²) in [5.41, 5.74) is 0.640. The molecule has 0 spiro atoms. The van der Waals surface area contributed by atoms with Gasteiger partial charge in [0.05, 0.1) is 11.8 Å².